The highest BCUT2D eigenvalue weighted by Gasteiger charge is 2.19. The molecule has 0 aliphatic heterocycles. The van der Waals surface area contributed by atoms with Crippen molar-refractivity contribution in [3.8, 4) is 0 Å². The molecule has 0 aliphatic rings. The molecule has 1 heterocycles. The van der Waals surface area contributed by atoms with Crippen LogP contribution in [0.25, 0.3) is 0 Å². The first-order chi connectivity index (χ1) is 7.07. The molecule has 1 aromatic rings. The van der Waals surface area contributed by atoms with Gasteiger partial charge in [0.1, 0.15) is 5.69 Å². The molecule has 2 amide bonds. The van der Waals surface area contributed by atoms with Crippen LogP contribution in [-0.2, 0) is 0 Å². The molecule has 0 saturated heterocycles. The first-order valence-corrected chi connectivity index (χ1v) is 4.78. The van der Waals surface area contributed by atoms with Crippen LogP contribution in [0, 0.1) is 0 Å². The summed E-state index contributed by atoms with van der Waals surface area (Å²) in [6.45, 7) is 0. The molecule has 0 atom stereocenters. The minimum Gasteiger partial charge on any atom is -0.364 e. The van der Waals surface area contributed by atoms with E-state index in [0.29, 0.717) is 0 Å². The van der Waals surface area contributed by atoms with Crippen LogP contribution in [0.15, 0.2) is 4.99 Å². The lowest BCUT2D eigenvalue weighted by Crippen LogP contribution is -2.20. The van der Waals surface area contributed by atoms with Gasteiger partial charge in [0.25, 0.3) is 11.8 Å². The molecule has 78 valence electrons. The maximum Gasteiger partial charge on any atom is 0.271 e. The standard InChI is InChI=1S/C6H5IN6O2/c7-1-10-2-3(5(8)14)11-13-12-4(2)6(9)15/h1H,(H2,8,14)(H2,9,15)/b10-1-. The number of primary amides is 2. The Kier molecular flexibility index (Phi) is 3.60. The van der Waals surface area contributed by atoms with Crippen LogP contribution in [0.4, 0.5) is 5.69 Å². The molecule has 8 nitrogen and oxygen atoms in total. The second kappa shape index (κ2) is 4.72. The minimum absolute atomic E-state index is 0.0700. The Morgan fingerprint density at radius 1 is 1.20 bits per heavy atom. The molecule has 1 aromatic heterocycles. The van der Waals surface area contributed by atoms with Gasteiger partial charge in [-0.3, -0.25) is 9.59 Å². The van der Waals surface area contributed by atoms with E-state index >= 15 is 0 Å². The van der Waals surface area contributed by atoms with Gasteiger partial charge in [-0.25, -0.2) is 4.99 Å². The summed E-state index contributed by atoms with van der Waals surface area (Å²) in [5.74, 6) is -1.71. The Hall–Kier alpha value is -1.65. The molecule has 0 aromatic carbocycles. The molecule has 0 unspecified atom stereocenters. The van der Waals surface area contributed by atoms with Crippen LogP contribution in [0.1, 0.15) is 21.0 Å². The molecular weight excluding hydrogens is 315 g/mol. The number of carbonyl (C=O) groups excluding carboxylic acids is 2. The predicted molar refractivity (Wildman–Crippen MR) is 59.0 cm³/mol. The van der Waals surface area contributed by atoms with Gasteiger partial charge < -0.3 is 11.5 Å². The summed E-state index contributed by atoms with van der Waals surface area (Å²) in [6.07, 6.45) is 0. The molecular formula is C6H5IN6O2. The fraction of sp³-hybridized carbons (Fsp3) is 0. The number of carbonyl (C=O) groups is 2. The van der Waals surface area contributed by atoms with Gasteiger partial charge in [-0.05, 0) is 27.8 Å². The Morgan fingerprint density at radius 3 is 2.00 bits per heavy atom. The normalized spacial score (nSPS) is 10.5. The third kappa shape index (κ3) is 2.43. The van der Waals surface area contributed by atoms with Gasteiger partial charge in [0.2, 0.25) is 0 Å². The van der Waals surface area contributed by atoms with Gasteiger partial charge in [-0.15, -0.1) is 10.2 Å². The first-order valence-electron chi connectivity index (χ1n) is 3.53. The van der Waals surface area contributed by atoms with Gasteiger partial charge >= 0.3 is 0 Å². The average molecular weight is 320 g/mol. The highest BCUT2D eigenvalue weighted by molar-refractivity contribution is 14.1. The second-order valence-electron chi connectivity index (χ2n) is 2.29. The molecule has 15 heavy (non-hydrogen) atoms. The van der Waals surface area contributed by atoms with Crippen LogP contribution in [-0.4, -0.2) is 31.4 Å². The molecule has 4 N–H and O–H groups in total. The zero-order chi connectivity index (χ0) is 11.4. The van der Waals surface area contributed by atoms with Crippen molar-refractivity contribution in [2.75, 3.05) is 0 Å². The number of nitrogens with zero attached hydrogens (tertiary/aromatic N) is 4. The van der Waals surface area contributed by atoms with E-state index in [2.05, 4.69) is 20.4 Å². The van der Waals surface area contributed by atoms with Crippen LogP contribution < -0.4 is 11.5 Å². The summed E-state index contributed by atoms with van der Waals surface area (Å²) < 4.78 is 1.33. The second-order valence-corrected chi connectivity index (χ2v) is 2.85. The van der Waals surface area contributed by atoms with E-state index in [4.69, 9.17) is 11.5 Å². The summed E-state index contributed by atoms with van der Waals surface area (Å²) in [7, 11) is 0. The number of aliphatic imine (C=N–C) groups is 1. The van der Waals surface area contributed by atoms with Crippen LogP contribution >= 0.6 is 22.6 Å². The number of amides is 2. The Bertz CT molecular complexity index is 413. The smallest absolute Gasteiger partial charge is 0.271 e. The van der Waals surface area contributed by atoms with E-state index in [9.17, 15) is 9.59 Å². The van der Waals surface area contributed by atoms with Gasteiger partial charge in [0, 0.05) is 0 Å². The topological polar surface area (TPSA) is 137 Å². The number of aromatic nitrogens is 3. The van der Waals surface area contributed by atoms with Crippen LogP contribution in [0.5, 0.6) is 0 Å². The molecule has 0 aliphatic carbocycles. The number of hydrogen-bond donors (Lipinski definition) is 2. The Labute approximate surface area is 97.3 Å². The third-order valence-corrected chi connectivity index (χ3v) is 1.66. The van der Waals surface area contributed by atoms with E-state index in [0.717, 1.165) is 0 Å². The number of hydrogen-bond acceptors (Lipinski definition) is 6. The quantitative estimate of drug-likeness (QED) is 0.553. The van der Waals surface area contributed by atoms with Gasteiger partial charge in [-0.1, -0.05) is 0 Å². The van der Waals surface area contributed by atoms with Gasteiger partial charge in [0.15, 0.2) is 11.4 Å². The zero-order valence-electron chi connectivity index (χ0n) is 7.22. The lowest BCUT2D eigenvalue weighted by atomic mass is 10.2. The molecule has 0 spiro atoms. The fourth-order valence-electron chi connectivity index (χ4n) is 0.822. The summed E-state index contributed by atoms with van der Waals surface area (Å²) >= 11 is 1.80. The first kappa shape index (κ1) is 11.4. The molecule has 0 fully saturated rings. The van der Waals surface area contributed by atoms with Crippen molar-refractivity contribution in [1.29, 1.82) is 0 Å². The summed E-state index contributed by atoms with van der Waals surface area (Å²) in [4.78, 5) is 25.6. The highest BCUT2D eigenvalue weighted by Crippen LogP contribution is 2.19. The highest BCUT2D eigenvalue weighted by atomic mass is 127. The van der Waals surface area contributed by atoms with Gasteiger partial charge in [0.05, 0.1) is 4.22 Å². The molecule has 0 radical (unpaired) electrons. The number of halogens is 1. The third-order valence-electron chi connectivity index (χ3n) is 1.38. The van der Waals surface area contributed by atoms with Gasteiger partial charge in [-0.2, -0.15) is 0 Å². The summed E-state index contributed by atoms with van der Waals surface area (Å²) in [5, 5.41) is 9.95. The van der Waals surface area contributed by atoms with Crippen molar-refractivity contribution in [3.63, 3.8) is 0 Å². The zero-order valence-corrected chi connectivity index (χ0v) is 9.37. The predicted octanol–water partition coefficient (Wildman–Crippen LogP) is -0.836. The van der Waals surface area contributed by atoms with Crippen LogP contribution in [0.2, 0.25) is 0 Å². The monoisotopic (exact) mass is 320 g/mol. The molecule has 9 heteroatoms. The van der Waals surface area contributed by atoms with Crippen molar-refractivity contribution in [3.05, 3.63) is 11.4 Å². The minimum atomic E-state index is -0.857. The SMILES string of the molecule is NC(=O)c1nnnc(C(N)=O)c1/N=C\I. The van der Waals surface area contributed by atoms with Crippen molar-refractivity contribution in [1.82, 2.24) is 15.4 Å². The van der Waals surface area contributed by atoms with E-state index in [1.165, 1.54) is 4.22 Å². The molecule has 1 rings (SSSR count). The van der Waals surface area contributed by atoms with Crippen molar-refractivity contribution in [2.24, 2.45) is 16.5 Å². The van der Waals surface area contributed by atoms with Crippen molar-refractivity contribution < 1.29 is 9.59 Å². The van der Waals surface area contributed by atoms with Crippen molar-refractivity contribution in [2.45, 2.75) is 0 Å². The van der Waals surface area contributed by atoms with E-state index < -0.39 is 11.8 Å². The van der Waals surface area contributed by atoms with E-state index in [1.807, 2.05) is 0 Å². The van der Waals surface area contributed by atoms with E-state index in [1.54, 1.807) is 22.6 Å². The Morgan fingerprint density at radius 2 is 1.67 bits per heavy atom. The number of nitrogens with two attached hydrogens (primary N) is 2. The lowest BCUT2D eigenvalue weighted by Gasteiger charge is -2.01. The number of rotatable bonds is 3. The van der Waals surface area contributed by atoms with Crippen molar-refractivity contribution >= 4 is 44.3 Å². The largest absolute Gasteiger partial charge is 0.364 e. The summed E-state index contributed by atoms with van der Waals surface area (Å²) in [6, 6.07) is 0. The van der Waals surface area contributed by atoms with Crippen LogP contribution in [0.3, 0.4) is 0 Å². The molecule has 0 bridgehead atoms. The summed E-state index contributed by atoms with van der Waals surface area (Å²) in [5.41, 5.74) is 9.47. The molecule has 0 saturated carbocycles. The average Bonchev–Trinajstić information content (AvgIpc) is 2.17. The maximum atomic E-state index is 10.9. The maximum absolute atomic E-state index is 10.9. The van der Waals surface area contributed by atoms with E-state index in [-0.39, 0.29) is 17.1 Å². The Balaban J connectivity index is 3.48. The fourth-order valence-corrected chi connectivity index (χ4v) is 1.10. The lowest BCUT2D eigenvalue weighted by molar-refractivity contribution is 0.0994.